The topological polar surface area (TPSA) is 61.9 Å². The molecule has 2 aromatic rings. The molecule has 0 spiro atoms. The zero-order chi connectivity index (χ0) is 20.6. The van der Waals surface area contributed by atoms with E-state index in [4.69, 9.17) is 4.74 Å². The molecule has 0 aliphatic carbocycles. The normalized spacial score (nSPS) is 13.8. The van der Waals surface area contributed by atoms with Gasteiger partial charge in [0.05, 0.1) is 6.61 Å². The van der Waals surface area contributed by atoms with E-state index in [2.05, 4.69) is 5.32 Å². The molecule has 3 rings (SSSR count). The van der Waals surface area contributed by atoms with Crippen molar-refractivity contribution in [3.63, 3.8) is 0 Å². The van der Waals surface area contributed by atoms with Gasteiger partial charge in [-0.1, -0.05) is 29.8 Å². The van der Waals surface area contributed by atoms with E-state index in [1.807, 2.05) is 67.3 Å². The van der Waals surface area contributed by atoms with Crippen LogP contribution < -0.4 is 10.1 Å². The summed E-state index contributed by atoms with van der Waals surface area (Å²) in [6.07, 6.45) is 0. The maximum atomic E-state index is 13.2. The van der Waals surface area contributed by atoms with E-state index in [0.717, 1.165) is 30.0 Å². The number of nitrogens with one attached hydrogen (secondary N) is 1. The van der Waals surface area contributed by atoms with Gasteiger partial charge in [-0.05, 0) is 43.7 Å². The van der Waals surface area contributed by atoms with Crippen molar-refractivity contribution in [2.24, 2.45) is 0 Å². The molecule has 1 saturated heterocycles. The number of hydrogen-bond acceptors (Lipinski definition) is 4. The van der Waals surface area contributed by atoms with Gasteiger partial charge in [0, 0.05) is 38.3 Å². The molecule has 0 unspecified atom stereocenters. The molecule has 0 saturated carbocycles. The highest BCUT2D eigenvalue weighted by Gasteiger charge is 2.23. The maximum Gasteiger partial charge on any atom is 0.254 e. The molecule has 1 aliphatic rings. The van der Waals surface area contributed by atoms with Gasteiger partial charge in [-0.15, -0.1) is 0 Å². The fraction of sp³-hybridized carbons (Fsp3) is 0.391. The minimum atomic E-state index is -0.143. The monoisotopic (exact) mass is 395 g/mol. The van der Waals surface area contributed by atoms with Crippen molar-refractivity contribution in [3.05, 3.63) is 65.2 Å². The van der Waals surface area contributed by atoms with Gasteiger partial charge in [-0.2, -0.15) is 0 Å². The zero-order valence-corrected chi connectivity index (χ0v) is 17.2. The number of piperazine rings is 1. The second-order valence-electron chi connectivity index (χ2n) is 7.24. The highest BCUT2D eigenvalue weighted by atomic mass is 16.5. The molecule has 1 aliphatic heterocycles. The molecule has 0 atom stereocenters. The predicted molar refractivity (Wildman–Crippen MR) is 113 cm³/mol. The van der Waals surface area contributed by atoms with Gasteiger partial charge in [0.15, 0.2) is 0 Å². The number of hydrogen-bond donors (Lipinski definition) is 1. The third kappa shape index (κ3) is 5.81. The van der Waals surface area contributed by atoms with Crippen LogP contribution in [0.2, 0.25) is 0 Å². The number of aryl methyl sites for hydroxylation is 1. The standard InChI is InChI=1S/C23H29N3O3/c1-3-29-21-6-4-5-19(15-21)16-26(17-22(27)25-13-11-24-12-14-25)23(28)20-9-7-18(2)8-10-20/h4-10,15,24H,3,11-14,16-17H2,1-2H3. The quantitative estimate of drug-likeness (QED) is 0.782. The minimum Gasteiger partial charge on any atom is -0.494 e. The molecule has 1 heterocycles. The first kappa shape index (κ1) is 20.9. The second-order valence-corrected chi connectivity index (χ2v) is 7.24. The lowest BCUT2D eigenvalue weighted by Crippen LogP contribution is -2.50. The van der Waals surface area contributed by atoms with Crippen LogP contribution in [0.3, 0.4) is 0 Å². The third-order valence-electron chi connectivity index (χ3n) is 4.96. The van der Waals surface area contributed by atoms with Crippen LogP contribution in [0.4, 0.5) is 0 Å². The first-order valence-corrected chi connectivity index (χ1v) is 10.1. The van der Waals surface area contributed by atoms with Crippen LogP contribution in [0.5, 0.6) is 5.75 Å². The number of carbonyl (C=O) groups is 2. The van der Waals surface area contributed by atoms with E-state index in [-0.39, 0.29) is 18.4 Å². The second kappa shape index (κ2) is 10.1. The average molecular weight is 396 g/mol. The van der Waals surface area contributed by atoms with Crippen LogP contribution in [-0.2, 0) is 11.3 Å². The molecule has 0 radical (unpaired) electrons. The number of ether oxygens (including phenoxy) is 1. The van der Waals surface area contributed by atoms with Crippen molar-refractivity contribution in [2.45, 2.75) is 20.4 Å². The number of amides is 2. The summed E-state index contributed by atoms with van der Waals surface area (Å²) in [5.74, 6) is 0.601. The van der Waals surface area contributed by atoms with Crippen LogP contribution in [0.25, 0.3) is 0 Å². The summed E-state index contributed by atoms with van der Waals surface area (Å²) < 4.78 is 5.58. The van der Waals surface area contributed by atoms with Crippen LogP contribution in [-0.4, -0.2) is 60.9 Å². The fourth-order valence-electron chi connectivity index (χ4n) is 3.38. The van der Waals surface area contributed by atoms with Crippen LogP contribution in [0.15, 0.2) is 48.5 Å². The third-order valence-corrected chi connectivity index (χ3v) is 4.96. The number of nitrogens with zero attached hydrogens (tertiary/aromatic N) is 2. The van der Waals surface area contributed by atoms with Crippen LogP contribution in [0, 0.1) is 6.92 Å². The van der Waals surface area contributed by atoms with Crippen molar-refractivity contribution in [3.8, 4) is 5.75 Å². The summed E-state index contributed by atoms with van der Waals surface area (Å²) in [6.45, 7) is 7.83. The molecular formula is C23H29N3O3. The summed E-state index contributed by atoms with van der Waals surface area (Å²) in [5.41, 5.74) is 2.61. The Balaban J connectivity index is 1.80. The van der Waals surface area contributed by atoms with E-state index >= 15 is 0 Å². The molecular weight excluding hydrogens is 366 g/mol. The van der Waals surface area contributed by atoms with Gasteiger partial charge in [-0.3, -0.25) is 9.59 Å². The van der Waals surface area contributed by atoms with Crippen molar-refractivity contribution >= 4 is 11.8 Å². The summed E-state index contributed by atoms with van der Waals surface area (Å²) in [7, 11) is 0. The Labute approximate surface area is 172 Å². The lowest BCUT2D eigenvalue weighted by atomic mass is 10.1. The van der Waals surface area contributed by atoms with E-state index < -0.39 is 0 Å². The summed E-state index contributed by atoms with van der Waals surface area (Å²) in [6, 6.07) is 15.1. The molecule has 6 nitrogen and oxygen atoms in total. The van der Waals surface area contributed by atoms with Gasteiger partial charge >= 0.3 is 0 Å². The van der Waals surface area contributed by atoms with Crippen molar-refractivity contribution in [1.82, 2.24) is 15.1 Å². The largest absolute Gasteiger partial charge is 0.494 e. The number of benzene rings is 2. The smallest absolute Gasteiger partial charge is 0.254 e. The molecule has 1 fully saturated rings. The number of rotatable bonds is 7. The molecule has 0 bridgehead atoms. The molecule has 6 heteroatoms. The van der Waals surface area contributed by atoms with Crippen molar-refractivity contribution in [2.75, 3.05) is 39.3 Å². The number of carbonyl (C=O) groups excluding carboxylic acids is 2. The summed E-state index contributed by atoms with van der Waals surface area (Å²) in [4.78, 5) is 29.5. The average Bonchev–Trinajstić information content (AvgIpc) is 2.74. The zero-order valence-electron chi connectivity index (χ0n) is 17.2. The van der Waals surface area contributed by atoms with Crippen molar-refractivity contribution in [1.29, 1.82) is 0 Å². The Morgan fingerprint density at radius 1 is 1.10 bits per heavy atom. The first-order chi connectivity index (χ1) is 14.1. The maximum absolute atomic E-state index is 13.2. The molecule has 2 amide bonds. The first-order valence-electron chi connectivity index (χ1n) is 10.1. The summed E-state index contributed by atoms with van der Waals surface area (Å²) >= 11 is 0. The van der Waals surface area contributed by atoms with Gasteiger partial charge in [0.2, 0.25) is 5.91 Å². The Morgan fingerprint density at radius 2 is 1.83 bits per heavy atom. The van der Waals surface area contributed by atoms with Gasteiger partial charge in [0.25, 0.3) is 5.91 Å². The molecule has 0 aromatic heterocycles. The van der Waals surface area contributed by atoms with E-state index in [1.165, 1.54) is 0 Å². The van der Waals surface area contributed by atoms with Crippen LogP contribution >= 0.6 is 0 Å². The Morgan fingerprint density at radius 3 is 2.52 bits per heavy atom. The van der Waals surface area contributed by atoms with E-state index in [0.29, 0.717) is 31.8 Å². The minimum absolute atomic E-state index is 0.0204. The van der Waals surface area contributed by atoms with E-state index in [1.54, 1.807) is 4.90 Å². The lowest BCUT2D eigenvalue weighted by molar-refractivity contribution is -0.132. The highest BCUT2D eigenvalue weighted by Crippen LogP contribution is 2.17. The predicted octanol–water partition coefficient (Wildman–Crippen LogP) is 2.47. The molecule has 29 heavy (non-hydrogen) atoms. The van der Waals surface area contributed by atoms with Crippen molar-refractivity contribution < 1.29 is 14.3 Å². The van der Waals surface area contributed by atoms with Gasteiger partial charge in [-0.25, -0.2) is 0 Å². The Kier molecular flexibility index (Phi) is 7.25. The molecule has 2 aromatic carbocycles. The highest BCUT2D eigenvalue weighted by molar-refractivity contribution is 5.96. The molecule has 1 N–H and O–H groups in total. The van der Waals surface area contributed by atoms with Crippen LogP contribution in [0.1, 0.15) is 28.4 Å². The van der Waals surface area contributed by atoms with E-state index in [9.17, 15) is 9.59 Å². The van der Waals surface area contributed by atoms with Gasteiger partial charge in [0.1, 0.15) is 12.3 Å². The van der Waals surface area contributed by atoms with Gasteiger partial charge < -0.3 is 19.9 Å². The Bertz CT molecular complexity index is 830. The fourth-order valence-corrected chi connectivity index (χ4v) is 3.38. The molecule has 154 valence electrons. The Hall–Kier alpha value is -2.86. The summed E-state index contributed by atoms with van der Waals surface area (Å²) in [5, 5.41) is 3.25. The SMILES string of the molecule is CCOc1cccc(CN(CC(=O)N2CCNCC2)C(=O)c2ccc(C)cc2)c1. The lowest BCUT2D eigenvalue weighted by Gasteiger charge is -2.30.